The molecule has 0 aliphatic carbocycles. The number of aromatic nitrogens is 4. The summed E-state index contributed by atoms with van der Waals surface area (Å²) in [6, 6.07) is 38.6. The standard InChI is InChI=1S/C35H36N3O.C18H24NSi.Ir/c1-20(2)23-12-11-13-24(21(3)4)31(23)38-28-15-10-9-14-27(28)36-33(38)26-17-16-22(5)30-25-18-19-29(35(6,7)8)37-34(25)39-32(26)30;1-14(2)11-16-12-17(15-9-7-6-8-10-15)19-13-18(16)20(3,4)5;/h9-16,18-21H,1-8H3;6-9,12-14H,11H2,1-5H3;/q2*-1;. The van der Waals surface area contributed by atoms with Crippen LogP contribution in [0.2, 0.25) is 19.6 Å². The Balaban J connectivity index is 0.000000243. The third-order valence-electron chi connectivity index (χ3n) is 11.1. The van der Waals surface area contributed by atoms with Gasteiger partial charge in [-0.1, -0.05) is 142 Å². The molecule has 4 aromatic carbocycles. The zero-order chi connectivity index (χ0) is 42.4. The predicted octanol–water partition coefficient (Wildman–Crippen LogP) is 13.9. The molecule has 0 amide bonds. The van der Waals surface area contributed by atoms with Gasteiger partial charge in [-0.05, 0) is 70.4 Å². The maximum Gasteiger partial charge on any atom is 0.216 e. The summed E-state index contributed by atoms with van der Waals surface area (Å²) in [6.45, 7) is 29.4. The summed E-state index contributed by atoms with van der Waals surface area (Å²) in [5.74, 6) is 2.20. The van der Waals surface area contributed by atoms with E-state index in [0.29, 0.717) is 23.5 Å². The molecule has 60 heavy (non-hydrogen) atoms. The van der Waals surface area contributed by atoms with Crippen LogP contribution in [0.1, 0.15) is 102 Å². The molecule has 1 radical (unpaired) electrons. The van der Waals surface area contributed by atoms with Gasteiger partial charge in [0.05, 0.1) is 30.5 Å². The number of para-hydroxylation sites is 3. The smallest absolute Gasteiger partial charge is 0.216 e. The van der Waals surface area contributed by atoms with Gasteiger partial charge >= 0.3 is 0 Å². The third kappa shape index (κ3) is 9.00. The van der Waals surface area contributed by atoms with Gasteiger partial charge in [0.15, 0.2) is 0 Å². The molecule has 0 spiro atoms. The van der Waals surface area contributed by atoms with E-state index in [-0.39, 0.29) is 25.5 Å². The molecule has 4 aromatic heterocycles. The number of aryl methyl sites for hydroxylation is 1. The molecule has 313 valence electrons. The van der Waals surface area contributed by atoms with Crippen molar-refractivity contribution in [3.05, 3.63) is 137 Å². The topological polar surface area (TPSA) is 56.7 Å². The number of benzene rings is 4. The van der Waals surface area contributed by atoms with Crippen molar-refractivity contribution in [3.8, 4) is 28.3 Å². The predicted molar refractivity (Wildman–Crippen MR) is 252 cm³/mol. The Morgan fingerprint density at radius 1 is 0.800 bits per heavy atom. The van der Waals surface area contributed by atoms with Crippen molar-refractivity contribution >= 4 is 46.4 Å². The molecule has 0 saturated carbocycles. The second-order valence-electron chi connectivity index (χ2n) is 19.2. The van der Waals surface area contributed by atoms with Crippen LogP contribution in [0.3, 0.4) is 0 Å². The van der Waals surface area contributed by atoms with E-state index in [1.807, 2.05) is 18.2 Å². The van der Waals surface area contributed by atoms with Crippen LogP contribution < -0.4 is 5.19 Å². The fraction of sp³-hybridized carbons (Fsp3) is 0.340. The minimum atomic E-state index is -1.34. The van der Waals surface area contributed by atoms with Crippen LogP contribution in [-0.2, 0) is 31.9 Å². The molecule has 0 N–H and O–H groups in total. The number of rotatable bonds is 8. The van der Waals surface area contributed by atoms with Crippen molar-refractivity contribution in [2.45, 2.75) is 113 Å². The number of hydrogen-bond donors (Lipinski definition) is 0. The largest absolute Gasteiger partial charge is 0.486 e. The first-order valence-electron chi connectivity index (χ1n) is 21.3. The molecule has 8 aromatic rings. The van der Waals surface area contributed by atoms with Crippen LogP contribution in [-0.4, -0.2) is 27.6 Å². The average molecular weight is 989 g/mol. The van der Waals surface area contributed by atoms with Crippen LogP contribution in [0.5, 0.6) is 0 Å². The van der Waals surface area contributed by atoms with Crippen LogP contribution in [0.4, 0.5) is 0 Å². The first kappa shape index (κ1) is 44.9. The van der Waals surface area contributed by atoms with Crippen molar-refractivity contribution in [2.75, 3.05) is 0 Å². The van der Waals surface area contributed by atoms with E-state index in [1.54, 1.807) is 0 Å². The van der Waals surface area contributed by atoms with E-state index in [4.69, 9.17) is 14.4 Å². The van der Waals surface area contributed by atoms with E-state index < -0.39 is 8.07 Å². The molecular weight excluding hydrogens is 929 g/mol. The van der Waals surface area contributed by atoms with Gasteiger partial charge < -0.3 is 14.0 Å². The van der Waals surface area contributed by atoms with E-state index in [2.05, 4.69) is 190 Å². The number of furan rings is 1. The summed E-state index contributed by atoms with van der Waals surface area (Å²) in [7, 11) is -1.34. The first-order valence-corrected chi connectivity index (χ1v) is 24.8. The van der Waals surface area contributed by atoms with Gasteiger partial charge in [-0.3, -0.25) is 4.98 Å². The molecule has 5 nitrogen and oxygen atoms in total. The Bertz CT molecular complexity index is 2740. The molecule has 4 heterocycles. The van der Waals surface area contributed by atoms with Crippen molar-refractivity contribution in [3.63, 3.8) is 0 Å². The molecule has 7 heteroatoms. The van der Waals surface area contributed by atoms with E-state index in [9.17, 15) is 0 Å². The Morgan fingerprint density at radius 3 is 2.10 bits per heavy atom. The summed E-state index contributed by atoms with van der Waals surface area (Å²) in [4.78, 5) is 14.9. The van der Waals surface area contributed by atoms with Crippen LogP contribution >= 0.6 is 0 Å². The molecule has 0 fully saturated rings. The summed E-state index contributed by atoms with van der Waals surface area (Å²) in [5, 5.41) is 3.59. The zero-order valence-electron chi connectivity index (χ0n) is 37.7. The maximum atomic E-state index is 6.60. The molecule has 0 aliphatic heterocycles. The zero-order valence-corrected chi connectivity index (χ0v) is 41.1. The Hall–Kier alpha value is -4.68. The second-order valence-corrected chi connectivity index (χ2v) is 24.2. The summed E-state index contributed by atoms with van der Waals surface area (Å²) >= 11 is 0. The molecule has 0 aliphatic rings. The Labute approximate surface area is 372 Å². The third-order valence-corrected chi connectivity index (χ3v) is 13.2. The monoisotopic (exact) mass is 989 g/mol. The van der Waals surface area contributed by atoms with Crippen molar-refractivity contribution in [2.24, 2.45) is 5.92 Å². The van der Waals surface area contributed by atoms with E-state index >= 15 is 0 Å². The number of fused-ring (bicyclic) bond motifs is 4. The number of nitrogens with zero attached hydrogens (tertiary/aromatic N) is 4. The van der Waals surface area contributed by atoms with Crippen LogP contribution in [0.25, 0.3) is 61.4 Å². The van der Waals surface area contributed by atoms with Gasteiger partial charge in [0.2, 0.25) is 5.71 Å². The van der Waals surface area contributed by atoms with Gasteiger partial charge in [-0.15, -0.1) is 53.6 Å². The van der Waals surface area contributed by atoms with E-state index in [0.717, 1.165) is 67.7 Å². The van der Waals surface area contributed by atoms with Crippen molar-refractivity contribution in [1.29, 1.82) is 0 Å². The van der Waals surface area contributed by atoms with Gasteiger partial charge in [-0.25, -0.2) is 4.98 Å². The second kappa shape index (κ2) is 17.7. The average Bonchev–Trinajstić information content (AvgIpc) is 3.76. The minimum Gasteiger partial charge on any atom is -0.486 e. The Morgan fingerprint density at radius 2 is 1.48 bits per heavy atom. The molecule has 0 saturated heterocycles. The summed E-state index contributed by atoms with van der Waals surface area (Å²) in [6.07, 6.45) is 3.24. The minimum absolute atomic E-state index is 0. The SMILES string of the molecule is CC(C)Cc1cc(-c2[c-]cccc2)ncc1[Si](C)(C)C.Cc1c[c-]c(-c2nc3ccccc3n2-c2c(C(C)C)cccc2C(C)C)c2oc3nc(C(C)(C)C)ccc3c12.[Ir]. The fourth-order valence-electron chi connectivity index (χ4n) is 8.12. The van der Waals surface area contributed by atoms with Crippen LogP contribution in [0, 0.1) is 25.0 Å². The number of pyridine rings is 2. The van der Waals surface area contributed by atoms with Crippen molar-refractivity contribution < 1.29 is 24.5 Å². The van der Waals surface area contributed by atoms with Crippen LogP contribution in [0.15, 0.2) is 102 Å². The van der Waals surface area contributed by atoms with Gasteiger partial charge in [-0.2, -0.15) is 0 Å². The Kier molecular flexibility index (Phi) is 13.3. The maximum absolute atomic E-state index is 6.60. The van der Waals surface area contributed by atoms with Gasteiger partial charge in [0.1, 0.15) is 0 Å². The molecule has 0 unspecified atom stereocenters. The number of hydrogen-bond acceptors (Lipinski definition) is 4. The van der Waals surface area contributed by atoms with E-state index in [1.165, 1.54) is 27.6 Å². The summed E-state index contributed by atoms with van der Waals surface area (Å²) in [5.41, 5.74) is 13.8. The molecular formula is C53H60IrN4OSi-2. The normalized spacial score (nSPS) is 12.1. The fourth-order valence-corrected chi connectivity index (χ4v) is 9.71. The molecule has 8 rings (SSSR count). The molecule has 0 bridgehead atoms. The number of imidazole rings is 1. The molecule has 0 atom stereocenters. The van der Waals surface area contributed by atoms with Gasteiger partial charge in [0, 0.05) is 48.5 Å². The first-order chi connectivity index (χ1) is 27.9. The quantitative estimate of drug-likeness (QED) is 0.112. The summed E-state index contributed by atoms with van der Waals surface area (Å²) < 4.78 is 8.94. The van der Waals surface area contributed by atoms with Gasteiger partial charge in [0.25, 0.3) is 0 Å². The van der Waals surface area contributed by atoms with Crippen molar-refractivity contribution in [1.82, 2.24) is 19.5 Å².